The minimum atomic E-state index is -0.466. The maximum absolute atomic E-state index is 11.8. The molecule has 0 fully saturated rings. The molecule has 98 valence electrons. The van der Waals surface area contributed by atoms with Gasteiger partial charge in [-0.15, -0.1) is 0 Å². The van der Waals surface area contributed by atoms with Crippen molar-refractivity contribution in [1.82, 2.24) is 4.98 Å². The SMILES string of the molecule is O=C1OC(c2ccc(Cl)cc2)=N/C1=C/c1ccncc1. The van der Waals surface area contributed by atoms with Crippen LogP contribution in [0.4, 0.5) is 0 Å². The van der Waals surface area contributed by atoms with Crippen molar-refractivity contribution in [2.45, 2.75) is 0 Å². The molecule has 0 aliphatic carbocycles. The van der Waals surface area contributed by atoms with Crippen LogP contribution < -0.4 is 0 Å². The number of halogens is 1. The first-order chi connectivity index (χ1) is 9.72. The van der Waals surface area contributed by atoms with Gasteiger partial charge in [0.15, 0.2) is 5.70 Å². The van der Waals surface area contributed by atoms with E-state index < -0.39 is 5.97 Å². The van der Waals surface area contributed by atoms with Crippen LogP contribution in [0.2, 0.25) is 5.02 Å². The summed E-state index contributed by atoms with van der Waals surface area (Å²) >= 11 is 5.82. The van der Waals surface area contributed by atoms with E-state index in [-0.39, 0.29) is 11.6 Å². The van der Waals surface area contributed by atoms with Gasteiger partial charge in [-0.3, -0.25) is 4.98 Å². The van der Waals surface area contributed by atoms with Gasteiger partial charge in [-0.2, -0.15) is 0 Å². The Bertz CT molecular complexity index is 706. The normalized spacial score (nSPS) is 16.1. The van der Waals surface area contributed by atoms with Gasteiger partial charge < -0.3 is 4.74 Å². The second kappa shape index (κ2) is 5.27. The molecule has 0 radical (unpaired) electrons. The van der Waals surface area contributed by atoms with Crippen molar-refractivity contribution in [1.29, 1.82) is 0 Å². The van der Waals surface area contributed by atoms with E-state index in [1.165, 1.54) is 0 Å². The number of carbonyl (C=O) groups is 1. The van der Waals surface area contributed by atoms with Crippen LogP contribution in [0.5, 0.6) is 0 Å². The second-order valence-electron chi connectivity index (χ2n) is 4.12. The van der Waals surface area contributed by atoms with Crippen molar-refractivity contribution >= 4 is 29.5 Å². The average molecular weight is 285 g/mol. The van der Waals surface area contributed by atoms with Crippen molar-refractivity contribution in [3.63, 3.8) is 0 Å². The molecule has 0 unspecified atom stereocenters. The van der Waals surface area contributed by atoms with Gasteiger partial charge in [-0.1, -0.05) is 11.6 Å². The number of carbonyl (C=O) groups excluding carboxylic acids is 1. The predicted molar refractivity (Wildman–Crippen MR) is 76.3 cm³/mol. The Morgan fingerprint density at radius 2 is 1.75 bits per heavy atom. The molecular formula is C15H9ClN2O2. The summed E-state index contributed by atoms with van der Waals surface area (Å²) in [5.41, 5.74) is 1.81. The summed E-state index contributed by atoms with van der Waals surface area (Å²) in [6.07, 6.45) is 4.96. The van der Waals surface area contributed by atoms with E-state index in [4.69, 9.17) is 16.3 Å². The molecule has 0 saturated carbocycles. The van der Waals surface area contributed by atoms with E-state index in [0.29, 0.717) is 10.6 Å². The lowest BCUT2D eigenvalue weighted by atomic mass is 10.2. The highest BCUT2D eigenvalue weighted by Gasteiger charge is 2.23. The zero-order valence-corrected chi connectivity index (χ0v) is 11.0. The van der Waals surface area contributed by atoms with Crippen molar-refractivity contribution in [3.8, 4) is 0 Å². The lowest BCUT2D eigenvalue weighted by Crippen LogP contribution is -2.05. The Kier molecular flexibility index (Phi) is 3.31. The van der Waals surface area contributed by atoms with E-state index >= 15 is 0 Å². The zero-order valence-electron chi connectivity index (χ0n) is 10.3. The molecule has 2 aromatic rings. The third-order valence-corrected chi connectivity index (χ3v) is 2.97. The fourth-order valence-corrected chi connectivity index (χ4v) is 1.87. The molecule has 5 heteroatoms. The van der Waals surface area contributed by atoms with Crippen molar-refractivity contribution in [2.24, 2.45) is 4.99 Å². The van der Waals surface area contributed by atoms with E-state index in [0.717, 1.165) is 5.56 Å². The highest BCUT2D eigenvalue weighted by Crippen LogP contribution is 2.19. The number of nitrogens with zero attached hydrogens (tertiary/aromatic N) is 2. The van der Waals surface area contributed by atoms with Crippen LogP contribution >= 0.6 is 11.6 Å². The highest BCUT2D eigenvalue weighted by atomic mass is 35.5. The first-order valence-electron chi connectivity index (χ1n) is 5.91. The molecular weight excluding hydrogens is 276 g/mol. The zero-order chi connectivity index (χ0) is 13.9. The molecule has 0 atom stereocenters. The number of rotatable bonds is 2. The van der Waals surface area contributed by atoms with Gasteiger partial charge in [0.2, 0.25) is 5.90 Å². The lowest BCUT2D eigenvalue weighted by Gasteiger charge is -1.98. The minimum Gasteiger partial charge on any atom is -0.402 e. The number of cyclic esters (lactones) is 1. The molecule has 0 spiro atoms. The number of ether oxygens (including phenoxy) is 1. The van der Waals surface area contributed by atoms with Gasteiger partial charge in [-0.25, -0.2) is 9.79 Å². The van der Waals surface area contributed by atoms with E-state index in [9.17, 15) is 4.79 Å². The number of esters is 1. The van der Waals surface area contributed by atoms with E-state index in [1.807, 2.05) is 0 Å². The fraction of sp³-hybridized carbons (Fsp3) is 0. The van der Waals surface area contributed by atoms with Crippen LogP contribution in [0, 0.1) is 0 Å². The summed E-state index contributed by atoms with van der Waals surface area (Å²) in [5, 5.41) is 0.617. The molecule has 4 nitrogen and oxygen atoms in total. The van der Waals surface area contributed by atoms with Crippen molar-refractivity contribution in [2.75, 3.05) is 0 Å². The largest absolute Gasteiger partial charge is 0.402 e. The van der Waals surface area contributed by atoms with Crippen LogP contribution in [-0.2, 0) is 9.53 Å². The third kappa shape index (κ3) is 2.60. The summed E-state index contributed by atoms with van der Waals surface area (Å²) in [6, 6.07) is 10.5. The monoisotopic (exact) mass is 284 g/mol. The van der Waals surface area contributed by atoms with Crippen LogP contribution in [-0.4, -0.2) is 16.9 Å². The Balaban J connectivity index is 1.93. The fourth-order valence-electron chi connectivity index (χ4n) is 1.74. The number of benzene rings is 1. The number of hydrogen-bond donors (Lipinski definition) is 0. The predicted octanol–water partition coefficient (Wildman–Crippen LogP) is 3.08. The van der Waals surface area contributed by atoms with Gasteiger partial charge in [0.05, 0.1) is 0 Å². The number of aromatic nitrogens is 1. The first-order valence-corrected chi connectivity index (χ1v) is 6.29. The molecule has 2 heterocycles. The molecule has 20 heavy (non-hydrogen) atoms. The van der Waals surface area contributed by atoms with Gasteiger partial charge >= 0.3 is 5.97 Å². The molecule has 0 saturated heterocycles. The van der Waals surface area contributed by atoms with Crippen LogP contribution in [0.1, 0.15) is 11.1 Å². The minimum absolute atomic E-state index is 0.265. The number of hydrogen-bond acceptors (Lipinski definition) is 4. The van der Waals surface area contributed by atoms with Gasteiger partial charge in [0.1, 0.15) is 0 Å². The van der Waals surface area contributed by atoms with Crippen LogP contribution in [0.3, 0.4) is 0 Å². The first kappa shape index (κ1) is 12.6. The van der Waals surface area contributed by atoms with Crippen LogP contribution in [0.15, 0.2) is 59.5 Å². The smallest absolute Gasteiger partial charge is 0.363 e. The maximum atomic E-state index is 11.8. The van der Waals surface area contributed by atoms with E-state index in [2.05, 4.69) is 9.98 Å². The summed E-state index contributed by atoms with van der Waals surface area (Å²) in [5.74, 6) is -0.182. The van der Waals surface area contributed by atoms with Crippen molar-refractivity contribution < 1.29 is 9.53 Å². The number of aliphatic imine (C=N–C) groups is 1. The van der Waals surface area contributed by atoms with Gasteiger partial charge in [-0.05, 0) is 48.0 Å². The Morgan fingerprint density at radius 1 is 1.05 bits per heavy atom. The molecule has 1 aromatic carbocycles. The summed E-state index contributed by atoms with van der Waals surface area (Å²) in [7, 11) is 0. The molecule has 3 rings (SSSR count). The molecule has 1 aliphatic rings. The topological polar surface area (TPSA) is 51.5 Å². The number of pyridine rings is 1. The van der Waals surface area contributed by atoms with Crippen molar-refractivity contribution in [3.05, 3.63) is 70.6 Å². The Morgan fingerprint density at radius 3 is 2.45 bits per heavy atom. The summed E-state index contributed by atoms with van der Waals surface area (Å²) in [4.78, 5) is 19.9. The maximum Gasteiger partial charge on any atom is 0.363 e. The quantitative estimate of drug-likeness (QED) is 0.629. The molecule has 0 amide bonds. The molecule has 0 bridgehead atoms. The molecule has 1 aliphatic heterocycles. The molecule has 0 N–H and O–H groups in total. The van der Waals surface area contributed by atoms with E-state index in [1.54, 1.807) is 54.9 Å². The lowest BCUT2D eigenvalue weighted by molar-refractivity contribution is -0.129. The summed E-state index contributed by atoms with van der Waals surface area (Å²) < 4.78 is 5.16. The third-order valence-electron chi connectivity index (χ3n) is 2.72. The molecule has 1 aromatic heterocycles. The Labute approximate surface area is 120 Å². The van der Waals surface area contributed by atoms with Crippen LogP contribution in [0.25, 0.3) is 6.08 Å². The Hall–Kier alpha value is -2.46. The second-order valence-corrected chi connectivity index (χ2v) is 4.56. The van der Waals surface area contributed by atoms with Gasteiger partial charge in [0.25, 0.3) is 0 Å². The standard InChI is InChI=1S/C15H9ClN2O2/c16-12-3-1-11(2-4-12)14-18-13(15(19)20-14)9-10-5-7-17-8-6-10/h1-9H/b13-9+. The average Bonchev–Trinajstić information content (AvgIpc) is 2.82. The summed E-state index contributed by atoms with van der Waals surface area (Å²) in [6.45, 7) is 0. The highest BCUT2D eigenvalue weighted by molar-refractivity contribution is 6.30. The van der Waals surface area contributed by atoms with Gasteiger partial charge in [0, 0.05) is 23.0 Å².